The molecule has 0 atom stereocenters. The molecular weight excluding hydrogens is 334 g/mol. The first-order valence-electron chi connectivity index (χ1n) is 4.14. The molecule has 0 saturated heterocycles. The number of aromatic nitrogens is 2. The molecule has 1 radical (unpaired) electrons. The summed E-state index contributed by atoms with van der Waals surface area (Å²) in [6.45, 7) is 4.25. The Balaban J connectivity index is 0.000000845. The fourth-order valence-electron chi connectivity index (χ4n) is 1.15. The van der Waals surface area contributed by atoms with Crippen LogP contribution in [0.1, 0.15) is 25.5 Å². The second-order valence-electron chi connectivity index (χ2n) is 3.20. The molecule has 0 saturated carbocycles. The van der Waals surface area contributed by atoms with E-state index >= 15 is 0 Å². The van der Waals surface area contributed by atoms with E-state index in [1.807, 2.05) is 28.9 Å². The third kappa shape index (κ3) is 1.99. The third-order valence-electron chi connectivity index (χ3n) is 1.86. The van der Waals surface area contributed by atoms with E-state index in [1.165, 1.54) is 0 Å². The normalized spacial score (nSPS) is 10.4. The van der Waals surface area contributed by atoms with Gasteiger partial charge in [-0.05, 0) is 11.6 Å². The molecule has 3 heteroatoms. The zero-order valence-electron chi connectivity index (χ0n) is 7.66. The first kappa shape index (κ1) is 10.4. The van der Waals surface area contributed by atoms with Crippen LogP contribution in [0, 0.1) is 6.07 Å². The van der Waals surface area contributed by atoms with Gasteiger partial charge in [0.25, 0.3) is 0 Å². The summed E-state index contributed by atoms with van der Waals surface area (Å²) in [5, 5.41) is 4.37. The average molecular weight is 345 g/mol. The zero-order chi connectivity index (χ0) is 8.55. The van der Waals surface area contributed by atoms with Gasteiger partial charge in [0, 0.05) is 26.6 Å². The largest absolute Gasteiger partial charge is 0.278 e. The number of rotatable bonds is 1. The van der Waals surface area contributed by atoms with E-state index in [1.54, 1.807) is 0 Å². The van der Waals surface area contributed by atoms with Crippen molar-refractivity contribution in [3.63, 3.8) is 0 Å². The summed E-state index contributed by atoms with van der Waals surface area (Å²) in [6, 6.07) is 9.23. The van der Waals surface area contributed by atoms with Gasteiger partial charge >= 0.3 is 0 Å². The van der Waals surface area contributed by atoms with Crippen molar-refractivity contribution >= 4 is 5.52 Å². The van der Waals surface area contributed by atoms with Crippen LogP contribution in [-0.2, 0) is 20.4 Å². The van der Waals surface area contributed by atoms with Gasteiger partial charge in [0.05, 0.1) is 0 Å². The average Bonchev–Trinajstić information content (AvgIpc) is 2.46. The topological polar surface area (TPSA) is 17.3 Å². The van der Waals surface area contributed by atoms with Gasteiger partial charge in [-0.1, -0.05) is 19.9 Å². The maximum Gasteiger partial charge on any atom is 0.0239 e. The van der Waals surface area contributed by atoms with Crippen molar-refractivity contribution < 1.29 is 20.4 Å². The second-order valence-corrected chi connectivity index (χ2v) is 3.20. The van der Waals surface area contributed by atoms with Crippen LogP contribution < -0.4 is 0 Å². The van der Waals surface area contributed by atoms with Gasteiger partial charge in [0.15, 0.2) is 0 Å². The molecule has 0 aliphatic rings. The molecule has 13 heavy (non-hydrogen) atoms. The Hall–Kier alpha value is -0.648. The van der Waals surface area contributed by atoms with Gasteiger partial charge in [-0.15, -0.1) is 11.6 Å². The van der Waals surface area contributed by atoms with Crippen molar-refractivity contribution in [3.8, 4) is 0 Å². The van der Waals surface area contributed by atoms with Crippen molar-refractivity contribution in [1.29, 1.82) is 0 Å². The van der Waals surface area contributed by atoms with Crippen molar-refractivity contribution in [2.24, 2.45) is 0 Å². The van der Waals surface area contributed by atoms with Gasteiger partial charge in [-0.3, -0.25) is 4.52 Å². The Labute approximate surface area is 91.6 Å². The van der Waals surface area contributed by atoms with Crippen molar-refractivity contribution in [2.45, 2.75) is 19.8 Å². The predicted molar refractivity (Wildman–Crippen MR) is 48.1 cm³/mol. The molecule has 2 aromatic rings. The predicted octanol–water partition coefficient (Wildman–Crippen LogP) is 2.26. The molecule has 0 aliphatic heterocycles. The summed E-state index contributed by atoms with van der Waals surface area (Å²) in [7, 11) is 0. The summed E-state index contributed by atoms with van der Waals surface area (Å²) in [5.41, 5.74) is 2.07. The van der Waals surface area contributed by atoms with E-state index in [0.29, 0.717) is 5.92 Å². The van der Waals surface area contributed by atoms with E-state index in [9.17, 15) is 0 Å². The maximum atomic E-state index is 4.37. The molecule has 0 amide bonds. The summed E-state index contributed by atoms with van der Waals surface area (Å²) >= 11 is 0. The Kier molecular flexibility index (Phi) is 3.24. The van der Waals surface area contributed by atoms with Gasteiger partial charge in [-0.25, -0.2) is 0 Å². The summed E-state index contributed by atoms with van der Waals surface area (Å²) in [4.78, 5) is 0. The first-order valence-corrected chi connectivity index (χ1v) is 4.14. The van der Waals surface area contributed by atoms with E-state index in [0.717, 1.165) is 11.2 Å². The Morgan fingerprint density at radius 3 is 2.77 bits per heavy atom. The summed E-state index contributed by atoms with van der Waals surface area (Å²) in [6.07, 6.45) is 1.94. The minimum atomic E-state index is 0. The molecule has 2 rings (SSSR count). The minimum absolute atomic E-state index is 0. The monoisotopic (exact) mass is 346 g/mol. The van der Waals surface area contributed by atoms with Crippen LogP contribution in [0.3, 0.4) is 0 Å². The molecule has 0 spiro atoms. The van der Waals surface area contributed by atoms with Gasteiger partial charge < -0.3 is 0 Å². The SMILES string of the molecule is CC(C)c1[c-]c2ccccn2n1.[Re]. The van der Waals surface area contributed by atoms with Crippen LogP contribution in [0.2, 0.25) is 0 Å². The first-order chi connectivity index (χ1) is 5.77. The standard InChI is InChI=1S/C10H11N2.Re/c1-8(2)10-7-9-5-3-4-6-12(9)11-10;/h3-6,8H,1-2H3;/q-1;. The Bertz CT molecular complexity index is 359. The molecular formula is C10H11N2Re-. The zero-order valence-corrected chi connectivity index (χ0v) is 10.4. The third-order valence-corrected chi connectivity index (χ3v) is 1.86. The second kappa shape index (κ2) is 4.04. The molecule has 2 heterocycles. The fourth-order valence-corrected chi connectivity index (χ4v) is 1.15. The van der Waals surface area contributed by atoms with Crippen molar-refractivity contribution in [2.75, 3.05) is 0 Å². The maximum absolute atomic E-state index is 4.37. The van der Waals surface area contributed by atoms with E-state index in [2.05, 4.69) is 25.0 Å². The van der Waals surface area contributed by atoms with E-state index in [4.69, 9.17) is 0 Å². The molecule has 2 nitrogen and oxygen atoms in total. The van der Waals surface area contributed by atoms with Crippen molar-refractivity contribution in [1.82, 2.24) is 9.61 Å². The Morgan fingerprint density at radius 1 is 1.38 bits per heavy atom. The number of hydrogen-bond acceptors (Lipinski definition) is 1. The van der Waals surface area contributed by atoms with E-state index in [-0.39, 0.29) is 20.4 Å². The smallest absolute Gasteiger partial charge is 0.0239 e. The van der Waals surface area contributed by atoms with Crippen LogP contribution in [0.4, 0.5) is 0 Å². The van der Waals surface area contributed by atoms with Crippen molar-refractivity contribution in [3.05, 3.63) is 36.2 Å². The summed E-state index contributed by atoms with van der Waals surface area (Å²) in [5.74, 6) is 0.449. The minimum Gasteiger partial charge on any atom is -0.278 e. The Morgan fingerprint density at radius 2 is 2.15 bits per heavy atom. The van der Waals surface area contributed by atoms with Gasteiger partial charge in [0.2, 0.25) is 0 Å². The van der Waals surface area contributed by atoms with Crippen LogP contribution >= 0.6 is 0 Å². The quantitative estimate of drug-likeness (QED) is 0.725. The molecule has 0 N–H and O–H groups in total. The molecule has 0 unspecified atom stereocenters. The molecule has 69 valence electrons. The van der Waals surface area contributed by atoms with E-state index < -0.39 is 0 Å². The van der Waals surface area contributed by atoms with Crippen LogP contribution in [0.5, 0.6) is 0 Å². The fraction of sp³-hybridized carbons (Fsp3) is 0.300. The number of pyridine rings is 1. The van der Waals surface area contributed by atoms with Crippen LogP contribution in [0.25, 0.3) is 5.52 Å². The molecule has 0 aliphatic carbocycles. The molecule has 0 aromatic carbocycles. The van der Waals surface area contributed by atoms with Crippen LogP contribution in [0.15, 0.2) is 24.4 Å². The summed E-state index contributed by atoms with van der Waals surface area (Å²) < 4.78 is 1.86. The number of hydrogen-bond donors (Lipinski definition) is 0. The van der Waals surface area contributed by atoms with Gasteiger partial charge in [-0.2, -0.15) is 17.2 Å². The number of nitrogens with zero attached hydrogens (tertiary/aromatic N) is 2. The van der Waals surface area contributed by atoms with Crippen LogP contribution in [-0.4, -0.2) is 9.61 Å². The molecule has 0 fully saturated rings. The molecule has 2 aromatic heterocycles. The van der Waals surface area contributed by atoms with Gasteiger partial charge in [0.1, 0.15) is 0 Å². The molecule has 0 bridgehead atoms. The number of fused-ring (bicyclic) bond motifs is 1.